The van der Waals surface area contributed by atoms with Gasteiger partial charge in [0.25, 0.3) is 5.91 Å². The van der Waals surface area contributed by atoms with Gasteiger partial charge in [-0.3, -0.25) is 4.79 Å². The van der Waals surface area contributed by atoms with E-state index >= 15 is 0 Å². The molecule has 196 valence electrons. The summed E-state index contributed by atoms with van der Waals surface area (Å²) < 4.78 is 82.4. The average Bonchev–Trinajstić information content (AvgIpc) is 2.80. The van der Waals surface area contributed by atoms with E-state index in [0.717, 1.165) is 30.3 Å². The molecule has 0 saturated carbocycles. The maximum absolute atomic E-state index is 13.7. The molecule has 1 atom stereocenters. The van der Waals surface area contributed by atoms with Gasteiger partial charge in [-0.15, -0.1) is 0 Å². The molecule has 1 N–H and O–H groups in total. The molecule has 13 heteroatoms. The van der Waals surface area contributed by atoms with Crippen molar-refractivity contribution < 1.29 is 31.1 Å². The van der Waals surface area contributed by atoms with E-state index in [1.165, 1.54) is 18.3 Å². The third kappa shape index (κ3) is 7.54. The molecule has 1 aromatic heterocycles. The lowest BCUT2D eigenvalue weighted by molar-refractivity contribution is -0.139. The van der Waals surface area contributed by atoms with Gasteiger partial charge in [0.15, 0.2) is 0 Å². The lowest BCUT2D eigenvalue weighted by atomic mass is 9.96. The maximum Gasteiger partial charge on any atom is 0.417 e. The minimum absolute atomic E-state index is 0.124. The number of nitrogens with zero attached hydrogens (tertiary/aromatic N) is 1. The highest BCUT2D eigenvalue weighted by atomic mass is 35.5. The van der Waals surface area contributed by atoms with Gasteiger partial charge in [-0.25, -0.2) is 4.98 Å². The Hall–Kier alpha value is -2.46. The van der Waals surface area contributed by atoms with Crippen molar-refractivity contribution >= 4 is 58.4 Å². The second-order valence-electron chi connectivity index (χ2n) is 7.65. The molecule has 3 rings (SSSR count). The third-order valence-corrected chi connectivity index (χ3v) is 6.45. The molecular weight excluding hydrogens is 588 g/mol. The van der Waals surface area contributed by atoms with Crippen LogP contribution in [0.25, 0.3) is 6.08 Å². The fourth-order valence-corrected chi connectivity index (χ4v) is 3.98. The SMILES string of the molecule is O=C(NCc1ccc(Cl)nc1)c1ccc(C=CC(c2cc(Cl)c(Cl)c(Cl)c2)C(F)(F)F)cc1C(F)(F)F. The fraction of sp³-hybridized carbons (Fsp3) is 0.167. The number of nitrogens with one attached hydrogen (secondary N) is 1. The lowest BCUT2D eigenvalue weighted by Crippen LogP contribution is -2.26. The van der Waals surface area contributed by atoms with E-state index in [1.54, 1.807) is 0 Å². The summed E-state index contributed by atoms with van der Waals surface area (Å²) in [6.45, 7) is -0.124. The highest BCUT2D eigenvalue weighted by molar-refractivity contribution is 6.48. The predicted octanol–water partition coefficient (Wildman–Crippen LogP) is 9.00. The first-order chi connectivity index (χ1) is 17.2. The topological polar surface area (TPSA) is 42.0 Å². The number of pyridine rings is 1. The van der Waals surface area contributed by atoms with E-state index < -0.39 is 35.3 Å². The molecule has 3 nitrogen and oxygen atoms in total. The zero-order valence-electron chi connectivity index (χ0n) is 18.2. The van der Waals surface area contributed by atoms with Crippen molar-refractivity contribution in [3.8, 4) is 0 Å². The molecule has 3 aromatic rings. The van der Waals surface area contributed by atoms with Crippen molar-refractivity contribution in [3.63, 3.8) is 0 Å². The van der Waals surface area contributed by atoms with Crippen molar-refractivity contribution in [1.29, 1.82) is 0 Å². The lowest BCUT2D eigenvalue weighted by Gasteiger charge is -2.19. The van der Waals surface area contributed by atoms with E-state index in [-0.39, 0.29) is 37.9 Å². The van der Waals surface area contributed by atoms with Gasteiger partial charge >= 0.3 is 12.4 Å². The Balaban J connectivity index is 1.91. The number of alkyl halides is 6. The Kier molecular flexibility index (Phi) is 9.06. The van der Waals surface area contributed by atoms with Crippen LogP contribution in [0.4, 0.5) is 26.3 Å². The standard InChI is InChI=1S/C24H14Cl4F6N2O/c25-18-8-14(9-19(26)21(18)28)16(23(29,30)31)5-2-12-1-4-15(17(7-12)24(32,33)34)22(37)36-11-13-3-6-20(27)35-10-13/h1-10,16H,11H2,(H,36,37). The molecule has 0 spiro atoms. The molecule has 2 aromatic carbocycles. The van der Waals surface area contributed by atoms with Crippen molar-refractivity contribution in [1.82, 2.24) is 10.3 Å². The van der Waals surface area contributed by atoms with Crippen LogP contribution in [0.3, 0.4) is 0 Å². The molecule has 0 aliphatic carbocycles. The number of carbonyl (C=O) groups is 1. The van der Waals surface area contributed by atoms with Crippen molar-refractivity contribution in [2.75, 3.05) is 0 Å². The molecule has 1 amide bonds. The van der Waals surface area contributed by atoms with Gasteiger partial charge in [0.2, 0.25) is 0 Å². The van der Waals surface area contributed by atoms with Gasteiger partial charge in [0.05, 0.1) is 32.1 Å². The predicted molar refractivity (Wildman–Crippen MR) is 131 cm³/mol. The summed E-state index contributed by atoms with van der Waals surface area (Å²) in [5.41, 5.74) is -2.10. The Morgan fingerprint density at radius 2 is 1.59 bits per heavy atom. The van der Waals surface area contributed by atoms with Gasteiger partial charge in [0.1, 0.15) is 5.15 Å². The molecule has 0 saturated heterocycles. The van der Waals surface area contributed by atoms with Crippen LogP contribution in [0.2, 0.25) is 20.2 Å². The van der Waals surface area contributed by atoms with Gasteiger partial charge in [-0.1, -0.05) is 70.7 Å². The summed E-state index contributed by atoms with van der Waals surface area (Å²) in [7, 11) is 0. The average molecular weight is 602 g/mol. The highest BCUT2D eigenvalue weighted by Crippen LogP contribution is 2.41. The summed E-state index contributed by atoms with van der Waals surface area (Å²) in [5, 5.41) is 2.00. The van der Waals surface area contributed by atoms with Crippen LogP contribution in [0.5, 0.6) is 0 Å². The minimum atomic E-state index is -4.96. The highest BCUT2D eigenvalue weighted by Gasteiger charge is 2.40. The number of hydrogen-bond donors (Lipinski definition) is 1. The number of halogens is 10. The molecule has 0 radical (unpaired) electrons. The summed E-state index contributed by atoms with van der Waals surface area (Å²) in [5.74, 6) is -3.28. The van der Waals surface area contributed by atoms with E-state index in [2.05, 4.69) is 10.3 Å². The Morgan fingerprint density at radius 3 is 2.14 bits per heavy atom. The minimum Gasteiger partial charge on any atom is -0.348 e. The van der Waals surface area contributed by atoms with Crippen LogP contribution in [-0.4, -0.2) is 17.1 Å². The summed E-state index contributed by atoms with van der Waals surface area (Å²) in [6, 6.07) is 7.50. The van der Waals surface area contributed by atoms with Gasteiger partial charge in [-0.2, -0.15) is 26.3 Å². The van der Waals surface area contributed by atoms with E-state index in [4.69, 9.17) is 46.4 Å². The summed E-state index contributed by atoms with van der Waals surface area (Å²) >= 11 is 23.1. The normalized spacial score (nSPS) is 13.1. The van der Waals surface area contributed by atoms with Crippen LogP contribution in [0.15, 0.2) is 54.7 Å². The van der Waals surface area contributed by atoms with E-state index in [9.17, 15) is 31.1 Å². The molecule has 1 heterocycles. The molecule has 1 unspecified atom stereocenters. The van der Waals surface area contributed by atoms with Crippen LogP contribution >= 0.6 is 46.4 Å². The number of allylic oxidation sites excluding steroid dienone is 1. The molecule has 37 heavy (non-hydrogen) atoms. The Bertz CT molecular complexity index is 1300. The number of benzene rings is 2. The summed E-state index contributed by atoms with van der Waals surface area (Å²) in [6.07, 6.45) is -6.90. The van der Waals surface area contributed by atoms with Crippen molar-refractivity contribution in [3.05, 3.63) is 103 Å². The smallest absolute Gasteiger partial charge is 0.348 e. The van der Waals surface area contributed by atoms with Crippen LogP contribution in [0.1, 0.15) is 38.5 Å². The van der Waals surface area contributed by atoms with Gasteiger partial charge in [-0.05, 0) is 47.0 Å². The first-order valence-corrected chi connectivity index (χ1v) is 11.7. The fourth-order valence-electron chi connectivity index (χ4n) is 3.26. The first-order valence-electron chi connectivity index (χ1n) is 10.2. The summed E-state index contributed by atoms with van der Waals surface area (Å²) in [4.78, 5) is 16.3. The van der Waals surface area contributed by atoms with Crippen molar-refractivity contribution in [2.24, 2.45) is 0 Å². The van der Waals surface area contributed by atoms with E-state index in [1.807, 2.05) is 0 Å². The Morgan fingerprint density at radius 1 is 0.946 bits per heavy atom. The number of amides is 1. The first kappa shape index (κ1) is 29.1. The Labute approximate surface area is 227 Å². The molecular formula is C24H14Cl4F6N2O. The number of aromatic nitrogens is 1. The third-order valence-electron chi connectivity index (χ3n) is 5.03. The van der Waals surface area contributed by atoms with Crippen LogP contribution < -0.4 is 5.32 Å². The van der Waals surface area contributed by atoms with Gasteiger partial charge < -0.3 is 5.32 Å². The number of rotatable bonds is 6. The second kappa shape index (κ2) is 11.5. The van der Waals surface area contributed by atoms with Crippen molar-refractivity contribution in [2.45, 2.75) is 24.8 Å². The number of hydrogen-bond acceptors (Lipinski definition) is 2. The van der Waals surface area contributed by atoms with Gasteiger partial charge in [0, 0.05) is 12.7 Å². The maximum atomic E-state index is 13.7. The molecule has 0 aliphatic rings. The quantitative estimate of drug-likeness (QED) is 0.174. The molecule has 0 bridgehead atoms. The van der Waals surface area contributed by atoms with Crippen LogP contribution in [0, 0.1) is 0 Å². The molecule has 0 fully saturated rings. The largest absolute Gasteiger partial charge is 0.417 e. The zero-order chi connectivity index (χ0) is 27.5. The number of carbonyl (C=O) groups excluding carboxylic acids is 1. The second-order valence-corrected chi connectivity index (χ2v) is 9.23. The zero-order valence-corrected chi connectivity index (χ0v) is 21.2. The van der Waals surface area contributed by atoms with E-state index in [0.29, 0.717) is 17.7 Å². The molecule has 0 aliphatic heterocycles. The van der Waals surface area contributed by atoms with Crippen LogP contribution in [-0.2, 0) is 12.7 Å². The monoisotopic (exact) mass is 600 g/mol.